The van der Waals surface area contributed by atoms with Gasteiger partial charge in [-0.2, -0.15) is 0 Å². The first-order valence-corrected chi connectivity index (χ1v) is 9.71. The van der Waals surface area contributed by atoms with Gasteiger partial charge in [0, 0.05) is 18.0 Å². The Balaban J connectivity index is 1.29. The van der Waals surface area contributed by atoms with Gasteiger partial charge in [0.1, 0.15) is 5.82 Å². The van der Waals surface area contributed by atoms with Crippen LogP contribution in [0.2, 0.25) is 0 Å². The molecule has 0 bridgehead atoms. The monoisotopic (exact) mass is 374 g/mol. The van der Waals surface area contributed by atoms with Crippen LogP contribution >= 0.6 is 11.8 Å². The van der Waals surface area contributed by atoms with Gasteiger partial charge >= 0.3 is 0 Å². The summed E-state index contributed by atoms with van der Waals surface area (Å²) in [6.07, 6.45) is 5.21. The van der Waals surface area contributed by atoms with Crippen LogP contribution in [-0.4, -0.2) is 52.4 Å². The molecule has 1 aliphatic carbocycles. The Morgan fingerprint density at radius 1 is 1.04 bits per heavy atom. The van der Waals surface area contributed by atoms with E-state index in [4.69, 9.17) is 0 Å². The molecule has 0 spiro atoms. The van der Waals surface area contributed by atoms with Gasteiger partial charge in [0.25, 0.3) is 0 Å². The van der Waals surface area contributed by atoms with E-state index in [0.29, 0.717) is 25.9 Å². The van der Waals surface area contributed by atoms with Gasteiger partial charge in [0.2, 0.25) is 17.7 Å². The van der Waals surface area contributed by atoms with E-state index in [9.17, 15) is 18.8 Å². The number of nitrogens with zero attached hydrogens (tertiary/aromatic N) is 2. The zero-order chi connectivity index (χ0) is 18.3. The second kappa shape index (κ2) is 6.87. The predicted octanol–water partition coefficient (Wildman–Crippen LogP) is 2.08. The summed E-state index contributed by atoms with van der Waals surface area (Å²) in [5.74, 6) is -0.673. The van der Waals surface area contributed by atoms with Gasteiger partial charge in [-0.15, -0.1) is 11.8 Å². The number of likely N-dealkylation sites (tertiary alicyclic amines) is 2. The number of allylic oxidation sites excluding steroid dienone is 2. The predicted molar refractivity (Wildman–Crippen MR) is 94.7 cm³/mol. The highest BCUT2D eigenvalue weighted by molar-refractivity contribution is 8.00. The molecular weight excluding hydrogens is 355 g/mol. The summed E-state index contributed by atoms with van der Waals surface area (Å²) in [6, 6.07) is 5.82. The summed E-state index contributed by atoms with van der Waals surface area (Å²) >= 11 is 1.35. The Morgan fingerprint density at radius 2 is 1.62 bits per heavy atom. The molecule has 2 aliphatic heterocycles. The van der Waals surface area contributed by atoms with Gasteiger partial charge in [-0.05, 0) is 37.1 Å². The summed E-state index contributed by atoms with van der Waals surface area (Å²) in [5, 5.41) is 0. The minimum Gasteiger partial charge on any atom is -0.338 e. The Kier molecular flexibility index (Phi) is 4.56. The molecule has 0 N–H and O–H groups in total. The zero-order valence-corrected chi connectivity index (χ0v) is 15.0. The van der Waals surface area contributed by atoms with Crippen LogP contribution in [-0.2, 0) is 14.4 Å². The smallest absolute Gasteiger partial charge is 0.233 e. The third kappa shape index (κ3) is 3.05. The summed E-state index contributed by atoms with van der Waals surface area (Å²) in [5.41, 5.74) is 0. The van der Waals surface area contributed by atoms with Gasteiger partial charge in [-0.25, -0.2) is 4.39 Å². The molecule has 2 saturated heterocycles. The maximum absolute atomic E-state index is 12.9. The Hall–Kier alpha value is -2.15. The van der Waals surface area contributed by atoms with Crippen LogP contribution in [0.3, 0.4) is 0 Å². The van der Waals surface area contributed by atoms with Crippen LogP contribution in [0.1, 0.15) is 12.8 Å². The minimum absolute atomic E-state index is 0.0336. The molecule has 136 valence electrons. The van der Waals surface area contributed by atoms with Crippen molar-refractivity contribution in [2.75, 3.05) is 18.8 Å². The molecule has 0 aromatic heterocycles. The summed E-state index contributed by atoms with van der Waals surface area (Å²) in [7, 11) is 0. The van der Waals surface area contributed by atoms with E-state index in [2.05, 4.69) is 0 Å². The first kappa shape index (κ1) is 17.3. The molecule has 26 heavy (non-hydrogen) atoms. The number of carbonyl (C=O) groups is 3. The van der Waals surface area contributed by atoms with Crippen molar-refractivity contribution < 1.29 is 18.8 Å². The van der Waals surface area contributed by atoms with Crippen molar-refractivity contribution in [3.63, 3.8) is 0 Å². The molecule has 3 aliphatic rings. The lowest BCUT2D eigenvalue weighted by atomic mass is 9.85. The fourth-order valence-corrected chi connectivity index (χ4v) is 4.58. The van der Waals surface area contributed by atoms with Crippen LogP contribution in [0.15, 0.2) is 41.3 Å². The molecule has 4 rings (SSSR count). The number of hydrogen-bond donors (Lipinski definition) is 0. The molecule has 2 fully saturated rings. The second-order valence-corrected chi connectivity index (χ2v) is 7.95. The van der Waals surface area contributed by atoms with Gasteiger partial charge in [-0.3, -0.25) is 19.3 Å². The fraction of sp³-hybridized carbons (Fsp3) is 0.421. The molecule has 2 unspecified atom stereocenters. The number of amides is 3. The van der Waals surface area contributed by atoms with Crippen molar-refractivity contribution in [2.24, 2.45) is 11.8 Å². The van der Waals surface area contributed by atoms with E-state index in [1.165, 1.54) is 28.8 Å². The first-order chi connectivity index (χ1) is 12.5. The van der Waals surface area contributed by atoms with Crippen molar-refractivity contribution in [3.8, 4) is 0 Å². The molecule has 7 heteroatoms. The highest BCUT2D eigenvalue weighted by Gasteiger charge is 2.52. The van der Waals surface area contributed by atoms with Crippen LogP contribution in [0, 0.1) is 17.7 Å². The molecule has 2 atom stereocenters. The third-order valence-electron chi connectivity index (χ3n) is 5.30. The van der Waals surface area contributed by atoms with Crippen LogP contribution in [0.5, 0.6) is 0 Å². The maximum atomic E-state index is 12.9. The number of benzene rings is 1. The van der Waals surface area contributed by atoms with Crippen molar-refractivity contribution >= 4 is 29.5 Å². The Morgan fingerprint density at radius 3 is 2.19 bits per heavy atom. The number of thioether (sulfide) groups is 1. The van der Waals surface area contributed by atoms with E-state index in [0.717, 1.165) is 4.90 Å². The molecular formula is C19H19FN2O3S. The Bertz CT molecular complexity index is 747. The number of rotatable bonds is 4. The minimum atomic E-state index is -0.304. The van der Waals surface area contributed by atoms with Gasteiger partial charge < -0.3 is 4.90 Å². The fourth-order valence-electron chi connectivity index (χ4n) is 3.78. The summed E-state index contributed by atoms with van der Waals surface area (Å²) in [4.78, 5) is 41.2. The Labute approximate surface area is 155 Å². The average Bonchev–Trinajstić information content (AvgIpc) is 2.86. The van der Waals surface area contributed by atoms with Crippen LogP contribution in [0.4, 0.5) is 4.39 Å². The van der Waals surface area contributed by atoms with E-state index in [-0.39, 0.29) is 47.2 Å². The normalized spacial score (nSPS) is 25.4. The zero-order valence-electron chi connectivity index (χ0n) is 14.1. The summed E-state index contributed by atoms with van der Waals surface area (Å²) < 4.78 is 12.9. The van der Waals surface area contributed by atoms with Crippen molar-refractivity contribution in [1.29, 1.82) is 0 Å². The van der Waals surface area contributed by atoms with Crippen molar-refractivity contribution in [1.82, 2.24) is 9.80 Å². The highest BCUT2D eigenvalue weighted by Crippen LogP contribution is 2.37. The van der Waals surface area contributed by atoms with E-state index in [1.54, 1.807) is 17.0 Å². The second-order valence-electron chi connectivity index (χ2n) is 6.90. The molecule has 3 amide bonds. The van der Waals surface area contributed by atoms with Crippen LogP contribution < -0.4 is 0 Å². The highest BCUT2D eigenvalue weighted by atomic mass is 32.2. The van der Waals surface area contributed by atoms with E-state index >= 15 is 0 Å². The van der Waals surface area contributed by atoms with Gasteiger partial charge in [0.05, 0.1) is 23.6 Å². The first-order valence-electron chi connectivity index (χ1n) is 8.72. The number of imide groups is 1. The number of carbonyl (C=O) groups excluding carboxylic acids is 3. The number of hydrogen-bond acceptors (Lipinski definition) is 4. The van der Waals surface area contributed by atoms with Crippen molar-refractivity contribution in [2.45, 2.75) is 23.8 Å². The molecule has 1 aromatic rings. The topological polar surface area (TPSA) is 57.7 Å². The van der Waals surface area contributed by atoms with Crippen molar-refractivity contribution in [3.05, 3.63) is 42.2 Å². The molecule has 0 saturated carbocycles. The lowest BCUT2D eigenvalue weighted by Gasteiger charge is -2.43. The average molecular weight is 374 g/mol. The molecule has 0 radical (unpaired) electrons. The lowest BCUT2D eigenvalue weighted by Crippen LogP contribution is -2.62. The van der Waals surface area contributed by atoms with E-state index < -0.39 is 0 Å². The maximum Gasteiger partial charge on any atom is 0.233 e. The molecule has 2 heterocycles. The lowest BCUT2D eigenvalue weighted by molar-refractivity contribution is -0.151. The number of fused-ring (bicyclic) bond motifs is 1. The standard InChI is InChI=1S/C19H19FN2O3S/c20-12-5-7-14(8-6-12)26-11-17(23)21-9-13(10-21)22-18(24)15-3-1-2-4-16(15)19(22)25/h1-2,5-8,13,15-16H,3-4,9-11H2. The largest absolute Gasteiger partial charge is 0.338 e. The van der Waals surface area contributed by atoms with Crippen LogP contribution in [0.25, 0.3) is 0 Å². The van der Waals surface area contributed by atoms with Gasteiger partial charge in [0.15, 0.2) is 0 Å². The van der Waals surface area contributed by atoms with E-state index in [1.807, 2.05) is 12.2 Å². The quantitative estimate of drug-likeness (QED) is 0.460. The van der Waals surface area contributed by atoms with Gasteiger partial charge in [-0.1, -0.05) is 12.2 Å². The summed E-state index contributed by atoms with van der Waals surface area (Å²) in [6.45, 7) is 0.820. The molecule has 5 nitrogen and oxygen atoms in total. The SMILES string of the molecule is O=C(CSc1ccc(F)cc1)N1CC(N2C(=O)C3CC=CCC3C2=O)C1. The number of halogens is 1. The third-order valence-corrected chi connectivity index (χ3v) is 6.29. The molecule has 1 aromatic carbocycles.